The number of allylic oxidation sites excluding steroid dienone is 1. The summed E-state index contributed by atoms with van der Waals surface area (Å²) >= 11 is 0. The van der Waals surface area contributed by atoms with Crippen LogP contribution in [0.25, 0.3) is 0 Å². The monoisotopic (exact) mass is 356 g/mol. The molecule has 0 N–H and O–H groups in total. The van der Waals surface area contributed by atoms with Gasteiger partial charge in [0.05, 0.1) is 17.4 Å². The molecule has 0 amide bonds. The maximum atomic E-state index is 12.3. The molecule has 1 aromatic carbocycles. The van der Waals surface area contributed by atoms with E-state index in [0.29, 0.717) is 19.1 Å². The summed E-state index contributed by atoms with van der Waals surface area (Å²) in [4.78, 5) is 12.3. The average Bonchev–Trinajstić information content (AvgIpc) is 2.61. The second-order valence-electron chi connectivity index (χ2n) is 9.00. The van der Waals surface area contributed by atoms with Crippen molar-refractivity contribution in [3.05, 3.63) is 47.5 Å². The number of rotatable bonds is 3. The summed E-state index contributed by atoms with van der Waals surface area (Å²) in [6, 6.07) is 10.1. The van der Waals surface area contributed by atoms with Crippen LogP contribution in [0.2, 0.25) is 0 Å². The van der Waals surface area contributed by atoms with Crippen molar-refractivity contribution in [3.63, 3.8) is 0 Å². The van der Waals surface area contributed by atoms with Crippen molar-refractivity contribution in [3.8, 4) is 0 Å². The van der Waals surface area contributed by atoms with E-state index in [0.717, 1.165) is 18.4 Å². The van der Waals surface area contributed by atoms with E-state index in [1.54, 1.807) is 0 Å². The van der Waals surface area contributed by atoms with Gasteiger partial charge in [0.25, 0.3) is 0 Å². The normalized spacial score (nSPS) is 35.8. The van der Waals surface area contributed by atoms with E-state index in [9.17, 15) is 4.79 Å². The third-order valence-electron chi connectivity index (χ3n) is 6.41. The molecule has 4 nitrogen and oxygen atoms in total. The van der Waals surface area contributed by atoms with E-state index in [1.807, 2.05) is 51.1 Å². The Labute approximate surface area is 155 Å². The minimum atomic E-state index is -0.503. The van der Waals surface area contributed by atoms with Crippen LogP contribution in [-0.2, 0) is 19.0 Å². The molecule has 4 unspecified atom stereocenters. The standard InChI is InChI=1S/C22H28O4/c1-15-10-11-17-12-22(15)21(17,14-25-19(23)20(2,3)4)13-24-18(26-22)16-8-6-5-7-9-16/h5-10,17-18H,11-14H2,1-4H3. The number of carbonyl (C=O) groups is 1. The molecule has 1 saturated heterocycles. The number of hydrogen-bond acceptors (Lipinski definition) is 4. The second kappa shape index (κ2) is 5.93. The third-order valence-corrected chi connectivity index (χ3v) is 6.41. The molecule has 26 heavy (non-hydrogen) atoms. The Balaban J connectivity index is 1.60. The Hall–Kier alpha value is -1.65. The third kappa shape index (κ3) is 2.46. The highest BCUT2D eigenvalue weighted by atomic mass is 16.7. The topological polar surface area (TPSA) is 44.8 Å². The predicted molar refractivity (Wildman–Crippen MR) is 98.3 cm³/mol. The van der Waals surface area contributed by atoms with Crippen LogP contribution >= 0.6 is 0 Å². The molecule has 3 aliphatic carbocycles. The predicted octanol–water partition coefficient (Wildman–Crippen LogP) is 4.42. The average molecular weight is 356 g/mol. The van der Waals surface area contributed by atoms with Crippen LogP contribution < -0.4 is 0 Å². The lowest BCUT2D eigenvalue weighted by Gasteiger charge is -2.68. The van der Waals surface area contributed by atoms with Crippen molar-refractivity contribution < 1.29 is 19.0 Å². The van der Waals surface area contributed by atoms with Crippen LogP contribution in [0.4, 0.5) is 0 Å². The number of esters is 1. The Bertz CT molecular complexity index is 732. The summed E-state index contributed by atoms with van der Waals surface area (Å²) in [6.45, 7) is 8.71. The molecule has 4 heteroatoms. The van der Waals surface area contributed by atoms with E-state index in [4.69, 9.17) is 14.2 Å². The zero-order valence-corrected chi connectivity index (χ0v) is 16.1. The lowest BCUT2D eigenvalue weighted by atomic mass is 9.44. The van der Waals surface area contributed by atoms with Crippen molar-refractivity contribution in [2.24, 2.45) is 16.7 Å². The summed E-state index contributed by atoms with van der Waals surface area (Å²) in [5, 5.41) is 0. The Kier molecular flexibility index (Phi) is 4.05. The largest absolute Gasteiger partial charge is 0.464 e. The van der Waals surface area contributed by atoms with Gasteiger partial charge in [-0.3, -0.25) is 4.79 Å². The van der Waals surface area contributed by atoms with Crippen molar-refractivity contribution in [2.75, 3.05) is 13.2 Å². The van der Waals surface area contributed by atoms with Gasteiger partial charge >= 0.3 is 5.97 Å². The van der Waals surface area contributed by atoms with Gasteiger partial charge in [-0.1, -0.05) is 36.4 Å². The van der Waals surface area contributed by atoms with Gasteiger partial charge in [-0.05, 0) is 52.0 Å². The van der Waals surface area contributed by atoms with Gasteiger partial charge < -0.3 is 14.2 Å². The molecule has 1 spiro atoms. The second-order valence-corrected chi connectivity index (χ2v) is 9.00. The van der Waals surface area contributed by atoms with Gasteiger partial charge in [-0.25, -0.2) is 0 Å². The lowest BCUT2D eigenvalue weighted by Crippen LogP contribution is -2.73. The molecule has 4 aliphatic rings. The van der Waals surface area contributed by atoms with Crippen LogP contribution in [0, 0.1) is 16.7 Å². The molecule has 4 atom stereocenters. The van der Waals surface area contributed by atoms with Gasteiger partial charge in [0, 0.05) is 5.56 Å². The summed E-state index contributed by atoms with van der Waals surface area (Å²) in [5.41, 5.74) is 1.13. The van der Waals surface area contributed by atoms with E-state index in [1.165, 1.54) is 5.57 Å². The van der Waals surface area contributed by atoms with Crippen LogP contribution in [0.3, 0.4) is 0 Å². The summed E-state index contributed by atoms with van der Waals surface area (Å²) in [5.74, 6) is 0.273. The first kappa shape index (κ1) is 17.7. The van der Waals surface area contributed by atoms with Gasteiger partial charge in [0.1, 0.15) is 12.2 Å². The molecule has 5 rings (SSSR count). The minimum absolute atomic E-state index is 0.168. The number of hydrogen-bond donors (Lipinski definition) is 0. The SMILES string of the molecule is CC1=CCC2CC13OC(c1ccccc1)OCC23COC(=O)C(C)(C)C. The van der Waals surface area contributed by atoms with Crippen LogP contribution in [0.15, 0.2) is 42.0 Å². The fourth-order valence-electron chi connectivity index (χ4n) is 4.69. The van der Waals surface area contributed by atoms with Crippen molar-refractivity contribution in [2.45, 2.75) is 52.4 Å². The lowest BCUT2D eigenvalue weighted by molar-refractivity contribution is -0.374. The zero-order chi connectivity index (χ0) is 18.6. The fourth-order valence-corrected chi connectivity index (χ4v) is 4.69. The van der Waals surface area contributed by atoms with Gasteiger partial charge in [-0.2, -0.15) is 0 Å². The van der Waals surface area contributed by atoms with E-state index < -0.39 is 5.41 Å². The molecule has 1 heterocycles. The van der Waals surface area contributed by atoms with Crippen LogP contribution in [0.5, 0.6) is 0 Å². The molecule has 1 aromatic rings. The summed E-state index contributed by atoms with van der Waals surface area (Å²) < 4.78 is 18.5. The first-order valence-corrected chi connectivity index (χ1v) is 9.47. The summed E-state index contributed by atoms with van der Waals surface area (Å²) in [6.07, 6.45) is 3.90. The van der Waals surface area contributed by atoms with Crippen molar-refractivity contribution in [1.29, 1.82) is 0 Å². The summed E-state index contributed by atoms with van der Waals surface area (Å²) in [7, 11) is 0. The van der Waals surface area contributed by atoms with Crippen molar-refractivity contribution in [1.82, 2.24) is 0 Å². The number of benzene rings is 1. The smallest absolute Gasteiger partial charge is 0.311 e. The van der Waals surface area contributed by atoms with Gasteiger partial charge in [-0.15, -0.1) is 0 Å². The first-order valence-electron chi connectivity index (χ1n) is 9.47. The first-order chi connectivity index (χ1) is 12.3. The fraction of sp³-hybridized carbons (Fsp3) is 0.591. The molecule has 140 valence electrons. The molecule has 2 bridgehead atoms. The molecule has 1 saturated carbocycles. The van der Waals surface area contributed by atoms with Crippen molar-refractivity contribution >= 4 is 5.97 Å². The highest BCUT2D eigenvalue weighted by Gasteiger charge is 2.71. The maximum Gasteiger partial charge on any atom is 0.311 e. The molecule has 2 fully saturated rings. The molecular weight excluding hydrogens is 328 g/mol. The molecule has 1 aliphatic heterocycles. The Morgan fingerprint density at radius 3 is 2.65 bits per heavy atom. The number of carbonyl (C=O) groups excluding carboxylic acids is 1. The van der Waals surface area contributed by atoms with Crippen LogP contribution in [-0.4, -0.2) is 24.8 Å². The zero-order valence-electron chi connectivity index (χ0n) is 16.1. The Morgan fingerprint density at radius 2 is 2.00 bits per heavy atom. The highest BCUT2D eigenvalue weighted by Crippen LogP contribution is 2.67. The van der Waals surface area contributed by atoms with E-state index in [2.05, 4.69) is 13.0 Å². The minimum Gasteiger partial charge on any atom is -0.464 e. The quantitative estimate of drug-likeness (QED) is 0.594. The van der Waals surface area contributed by atoms with Gasteiger partial charge in [0.2, 0.25) is 0 Å². The maximum absolute atomic E-state index is 12.3. The molecule has 0 radical (unpaired) electrons. The molecule has 0 aromatic heterocycles. The van der Waals surface area contributed by atoms with Gasteiger partial charge in [0.15, 0.2) is 6.29 Å². The Morgan fingerprint density at radius 1 is 1.27 bits per heavy atom. The number of fused-ring (bicyclic) bond motifs is 1. The molecular formula is C22H28O4. The van der Waals surface area contributed by atoms with E-state index >= 15 is 0 Å². The highest BCUT2D eigenvalue weighted by molar-refractivity contribution is 5.75. The van der Waals surface area contributed by atoms with E-state index in [-0.39, 0.29) is 23.3 Å². The number of ether oxygens (including phenoxy) is 3. The van der Waals surface area contributed by atoms with Crippen LogP contribution in [0.1, 0.15) is 52.4 Å².